The summed E-state index contributed by atoms with van der Waals surface area (Å²) >= 11 is 0. The summed E-state index contributed by atoms with van der Waals surface area (Å²) in [5.74, 6) is -2.72. The molecule has 1 aliphatic carbocycles. The van der Waals surface area contributed by atoms with Gasteiger partial charge in [0.2, 0.25) is 5.91 Å². The van der Waals surface area contributed by atoms with Crippen LogP contribution in [0.5, 0.6) is 0 Å². The number of piperazine rings is 1. The maximum atomic E-state index is 14.1. The van der Waals surface area contributed by atoms with Crippen LogP contribution in [-0.4, -0.2) is 62.3 Å². The van der Waals surface area contributed by atoms with Crippen molar-refractivity contribution in [2.75, 3.05) is 18.8 Å². The molecular formula is C29H39F3N4O3S. The maximum absolute atomic E-state index is 14.1. The minimum absolute atomic E-state index is 0.0179. The largest absolute Gasteiger partial charge is 0.352 e. The summed E-state index contributed by atoms with van der Waals surface area (Å²) < 4.78 is 65.3. The highest BCUT2D eigenvalue weighted by atomic mass is 32.3. The lowest BCUT2D eigenvalue weighted by Crippen LogP contribution is -2.56. The Morgan fingerprint density at radius 1 is 1.00 bits per heavy atom. The van der Waals surface area contributed by atoms with E-state index in [0.717, 1.165) is 63.1 Å². The molecule has 220 valence electrons. The molecule has 1 saturated carbocycles. The molecule has 2 aliphatic heterocycles. The van der Waals surface area contributed by atoms with Crippen LogP contribution < -0.4 is 16.4 Å². The van der Waals surface area contributed by atoms with Gasteiger partial charge in [0.15, 0.2) is 0 Å². The average molecular weight is 581 g/mol. The van der Waals surface area contributed by atoms with Crippen LogP contribution in [-0.2, 0) is 4.79 Å². The predicted octanol–water partition coefficient (Wildman–Crippen LogP) is 4.73. The molecule has 0 aromatic heterocycles. The molecule has 0 spiro atoms. The average Bonchev–Trinajstić information content (AvgIpc) is 3.30. The van der Waals surface area contributed by atoms with Gasteiger partial charge in [0.1, 0.15) is 17.5 Å². The zero-order valence-electron chi connectivity index (χ0n) is 22.4. The standard InChI is InChI=1S/C29H39F3N4O3S/c30-21-9-6-19(7-10-21)27(20-13-22(31)15-23(32)14-20)28(33)29(37)35-26-5-1-3-18(26)8-11-25-16-34-24-4-2-12-40(38,39)36(25)17-24/h6-7,9-10,13-15,18,24-28,34,38-39H,1-5,8,11-12,16-17,33H2,(H,35,37)/t18-,24-,25+,26+,27+,28+/m1/s1. The molecule has 2 aromatic rings. The van der Waals surface area contributed by atoms with Crippen LogP contribution in [0.2, 0.25) is 0 Å². The minimum atomic E-state index is -2.77. The summed E-state index contributed by atoms with van der Waals surface area (Å²) in [6, 6.07) is 7.52. The second-order valence-corrected chi connectivity index (χ2v) is 13.6. The number of amides is 1. The lowest BCUT2D eigenvalue weighted by Gasteiger charge is -2.49. The number of halogens is 3. The monoisotopic (exact) mass is 580 g/mol. The molecule has 40 heavy (non-hydrogen) atoms. The summed E-state index contributed by atoms with van der Waals surface area (Å²) in [6.07, 6.45) is 6.02. The van der Waals surface area contributed by atoms with Crippen molar-refractivity contribution in [2.24, 2.45) is 11.7 Å². The number of nitrogens with zero attached hydrogens (tertiary/aromatic N) is 1. The predicted molar refractivity (Wildman–Crippen MR) is 150 cm³/mol. The lowest BCUT2D eigenvalue weighted by atomic mass is 9.84. The molecule has 7 nitrogen and oxygen atoms in total. The van der Waals surface area contributed by atoms with Crippen molar-refractivity contribution in [1.29, 1.82) is 0 Å². The number of benzene rings is 2. The van der Waals surface area contributed by atoms with Crippen LogP contribution in [0.1, 0.15) is 62.0 Å². The zero-order chi connectivity index (χ0) is 28.4. The fraction of sp³-hybridized carbons (Fsp3) is 0.552. The lowest BCUT2D eigenvalue weighted by molar-refractivity contribution is -0.123. The molecule has 3 fully saturated rings. The first-order chi connectivity index (χ1) is 19.1. The van der Waals surface area contributed by atoms with Crippen LogP contribution >= 0.6 is 10.8 Å². The molecule has 5 rings (SSSR count). The van der Waals surface area contributed by atoms with Crippen molar-refractivity contribution in [3.63, 3.8) is 0 Å². The quantitative estimate of drug-likeness (QED) is 0.309. The van der Waals surface area contributed by atoms with E-state index in [1.165, 1.54) is 24.3 Å². The number of hydrogen-bond donors (Lipinski definition) is 5. The van der Waals surface area contributed by atoms with E-state index in [9.17, 15) is 27.1 Å². The van der Waals surface area contributed by atoms with Crippen LogP contribution in [0.4, 0.5) is 13.2 Å². The Morgan fingerprint density at radius 3 is 2.45 bits per heavy atom. The number of nitrogens with two attached hydrogens (primary N) is 1. The fourth-order valence-corrected chi connectivity index (χ4v) is 8.58. The van der Waals surface area contributed by atoms with E-state index in [0.29, 0.717) is 24.4 Å². The highest BCUT2D eigenvalue weighted by molar-refractivity contribution is 8.22. The smallest absolute Gasteiger partial charge is 0.238 e. The number of carbonyl (C=O) groups excluding carboxylic acids is 1. The van der Waals surface area contributed by atoms with E-state index < -0.39 is 46.1 Å². The highest BCUT2D eigenvalue weighted by Gasteiger charge is 2.39. The third-order valence-corrected chi connectivity index (χ3v) is 10.8. The summed E-state index contributed by atoms with van der Waals surface area (Å²) in [5.41, 5.74) is 7.15. The van der Waals surface area contributed by atoms with Crippen LogP contribution in [0.25, 0.3) is 0 Å². The van der Waals surface area contributed by atoms with Crippen molar-refractivity contribution < 1.29 is 27.1 Å². The van der Waals surface area contributed by atoms with Crippen molar-refractivity contribution in [3.05, 3.63) is 71.0 Å². The molecule has 2 bridgehead atoms. The Hall–Kier alpha value is -2.15. The second kappa shape index (κ2) is 12.4. The van der Waals surface area contributed by atoms with E-state index in [1.807, 2.05) is 4.31 Å². The Kier molecular flexibility index (Phi) is 9.08. The van der Waals surface area contributed by atoms with E-state index in [4.69, 9.17) is 5.73 Å². The van der Waals surface area contributed by atoms with Gasteiger partial charge in [-0.3, -0.25) is 13.9 Å². The van der Waals surface area contributed by atoms with Crippen LogP contribution in [0.15, 0.2) is 42.5 Å². The third kappa shape index (κ3) is 6.66. The molecule has 7 atom stereocenters. The van der Waals surface area contributed by atoms with Gasteiger partial charge in [-0.25, -0.2) is 17.5 Å². The summed E-state index contributed by atoms with van der Waals surface area (Å²) in [7, 11) is -2.77. The highest BCUT2D eigenvalue weighted by Crippen LogP contribution is 2.49. The second-order valence-electron chi connectivity index (χ2n) is 11.5. The maximum Gasteiger partial charge on any atom is 0.238 e. The van der Waals surface area contributed by atoms with Gasteiger partial charge in [-0.2, -0.15) is 0 Å². The molecule has 11 heteroatoms. The number of nitrogens with one attached hydrogen (secondary N) is 2. The topological polar surface area (TPSA) is 111 Å². The van der Waals surface area contributed by atoms with Crippen LogP contribution in [0.3, 0.4) is 0 Å². The Morgan fingerprint density at radius 2 is 1.73 bits per heavy atom. The summed E-state index contributed by atoms with van der Waals surface area (Å²) in [6.45, 7) is 1.34. The van der Waals surface area contributed by atoms with Gasteiger partial charge in [0.25, 0.3) is 0 Å². The summed E-state index contributed by atoms with van der Waals surface area (Å²) in [5, 5.41) is 6.65. The molecule has 2 saturated heterocycles. The first-order valence-electron chi connectivity index (χ1n) is 14.1. The SMILES string of the molecule is N[C@H](C(=O)N[C@H]1CCC[C@@H]1CC[C@H]1CN[C@@H]2CCCS(O)(O)N1C2)[C@@H](c1ccc(F)cc1)c1cc(F)cc(F)c1. The number of fused-ring (bicyclic) bond motifs is 2. The Balaban J connectivity index is 1.26. The van der Waals surface area contributed by atoms with E-state index >= 15 is 0 Å². The fourth-order valence-electron chi connectivity index (χ4n) is 6.71. The van der Waals surface area contributed by atoms with E-state index in [-0.39, 0.29) is 29.6 Å². The zero-order valence-corrected chi connectivity index (χ0v) is 23.3. The van der Waals surface area contributed by atoms with E-state index in [1.54, 1.807) is 0 Å². The number of carbonyl (C=O) groups is 1. The molecule has 1 unspecified atom stereocenters. The third-order valence-electron chi connectivity index (χ3n) is 8.79. The van der Waals surface area contributed by atoms with Gasteiger partial charge in [-0.05, 0) is 79.8 Å². The first-order valence-corrected chi connectivity index (χ1v) is 15.8. The molecular weight excluding hydrogens is 541 g/mol. The molecule has 2 aromatic carbocycles. The minimum Gasteiger partial charge on any atom is -0.352 e. The van der Waals surface area contributed by atoms with Gasteiger partial charge >= 0.3 is 0 Å². The molecule has 0 radical (unpaired) electrons. The molecule has 1 amide bonds. The van der Waals surface area contributed by atoms with Gasteiger partial charge < -0.3 is 16.4 Å². The van der Waals surface area contributed by atoms with Gasteiger partial charge in [0.05, 0.1) is 11.8 Å². The van der Waals surface area contributed by atoms with Gasteiger partial charge in [-0.1, -0.05) is 18.6 Å². The Labute approximate surface area is 235 Å². The number of rotatable bonds is 8. The van der Waals surface area contributed by atoms with Crippen molar-refractivity contribution >= 4 is 16.7 Å². The normalized spacial score (nSPS) is 30.2. The first kappa shape index (κ1) is 29.3. The van der Waals surface area contributed by atoms with Crippen molar-refractivity contribution in [1.82, 2.24) is 14.9 Å². The number of hydrogen-bond acceptors (Lipinski definition) is 6. The van der Waals surface area contributed by atoms with Gasteiger partial charge in [0, 0.05) is 43.2 Å². The van der Waals surface area contributed by atoms with Crippen LogP contribution in [0, 0.1) is 23.4 Å². The van der Waals surface area contributed by atoms with Crippen molar-refractivity contribution in [2.45, 2.75) is 75.0 Å². The molecule has 2 heterocycles. The Bertz CT molecular complexity index is 1170. The van der Waals surface area contributed by atoms with Crippen molar-refractivity contribution in [3.8, 4) is 0 Å². The molecule has 3 aliphatic rings. The molecule has 6 N–H and O–H groups in total. The van der Waals surface area contributed by atoms with Gasteiger partial charge in [-0.15, -0.1) is 10.8 Å². The van der Waals surface area contributed by atoms with E-state index in [2.05, 4.69) is 10.6 Å². The summed E-state index contributed by atoms with van der Waals surface area (Å²) in [4.78, 5) is 13.5.